The first-order chi connectivity index (χ1) is 39.3. The van der Waals surface area contributed by atoms with E-state index in [1.54, 1.807) is 0 Å². The predicted octanol–water partition coefficient (Wildman–Crippen LogP) is 20.6. The second-order valence-electron chi connectivity index (χ2n) is 19.7. The summed E-state index contributed by atoms with van der Waals surface area (Å²) in [6.07, 6.45) is 0. The Morgan fingerprint density at radius 1 is 0.203 bits per heavy atom. The zero-order chi connectivity index (χ0) is 52.5. The zero-order valence-corrected chi connectivity index (χ0v) is 43.9. The number of hydrogen-bond donors (Lipinski definition) is 0. The fraction of sp³-hybridized carbons (Fsp3) is 0. The summed E-state index contributed by atoms with van der Waals surface area (Å²) in [6.45, 7) is 0. The van der Waals surface area contributed by atoms with Crippen LogP contribution in [-0.4, -0.2) is 15.4 Å². The minimum absolute atomic E-state index is 0.743. The van der Waals surface area contributed by atoms with E-state index in [0.29, 0.717) is 0 Å². The first-order valence-corrected chi connectivity index (χ1v) is 27.6. The number of aromatic nitrogens is 3. The molecule has 0 bridgehead atoms. The van der Waals surface area contributed by atoms with E-state index in [9.17, 15) is 0 Å². The van der Waals surface area contributed by atoms with Crippen LogP contribution in [0.15, 0.2) is 297 Å². The predicted molar refractivity (Wildman–Crippen MR) is 333 cm³/mol. The van der Waals surface area contributed by atoms with Crippen LogP contribution in [0.25, 0.3) is 143 Å². The van der Waals surface area contributed by atoms with Crippen molar-refractivity contribution in [2.75, 3.05) is 0 Å². The lowest BCUT2D eigenvalue weighted by molar-refractivity contribution is 0.879. The largest absolute Gasteiger partial charge is 0.134 e. The maximum absolute atomic E-state index is 5.47. The van der Waals surface area contributed by atoms with Crippen molar-refractivity contribution in [2.45, 2.75) is 0 Å². The van der Waals surface area contributed by atoms with Crippen LogP contribution in [0.4, 0.5) is 0 Å². The molecule has 0 N–H and O–H groups in total. The summed E-state index contributed by atoms with van der Waals surface area (Å²) in [5.41, 5.74) is 23.3. The highest BCUT2D eigenvalue weighted by Gasteiger charge is 2.33. The van der Waals surface area contributed by atoms with Gasteiger partial charge >= 0.3 is 0 Å². The van der Waals surface area contributed by atoms with Gasteiger partial charge in [0.05, 0.1) is 0 Å². The van der Waals surface area contributed by atoms with E-state index in [-0.39, 0.29) is 0 Å². The summed E-state index contributed by atoms with van der Waals surface area (Å²) in [6, 6.07) is 107. The summed E-state index contributed by atoms with van der Waals surface area (Å²) in [5.74, 6) is 0. The molecular weight excluding hydrogens is 975 g/mol. The van der Waals surface area contributed by atoms with Crippen LogP contribution in [0, 0.1) is 0 Å². The molecule has 2 heterocycles. The molecule has 0 aliphatic carbocycles. The van der Waals surface area contributed by atoms with Gasteiger partial charge < -0.3 is 0 Å². The Morgan fingerprint density at radius 2 is 0.532 bits per heavy atom. The summed E-state index contributed by atoms with van der Waals surface area (Å²) in [7, 11) is 0. The van der Waals surface area contributed by atoms with Gasteiger partial charge in [-0.3, -0.25) is 0 Å². The van der Waals surface area contributed by atoms with E-state index < -0.39 is 0 Å². The Kier molecular flexibility index (Phi) is 12.4. The Hall–Kier alpha value is -10.1. The van der Waals surface area contributed by atoms with Crippen molar-refractivity contribution in [3.63, 3.8) is 0 Å². The van der Waals surface area contributed by atoms with Crippen LogP contribution in [0.3, 0.4) is 0 Å². The number of fused-ring (bicyclic) bond motifs is 3. The van der Waals surface area contributed by atoms with Gasteiger partial charge in [-0.1, -0.05) is 297 Å². The van der Waals surface area contributed by atoms with Crippen molar-refractivity contribution in [1.29, 1.82) is 0 Å². The molecule has 0 aliphatic heterocycles. The fourth-order valence-electron chi connectivity index (χ4n) is 11.8. The van der Waals surface area contributed by atoms with Crippen molar-refractivity contribution >= 4 is 31.5 Å². The smallest absolute Gasteiger partial charge is 0.106 e. The molecule has 79 heavy (non-hydrogen) atoms. The third-order valence-electron chi connectivity index (χ3n) is 15.2. The van der Waals surface area contributed by atoms with Crippen LogP contribution >= 0.6 is 11.3 Å². The molecule has 0 amide bonds. The van der Waals surface area contributed by atoms with Crippen molar-refractivity contribution in [1.82, 2.24) is 15.4 Å². The van der Waals surface area contributed by atoms with Gasteiger partial charge in [-0.2, -0.15) is 0 Å². The van der Waals surface area contributed by atoms with Crippen LogP contribution in [-0.2, 0) is 0 Å². The molecule has 3 nitrogen and oxygen atoms in total. The van der Waals surface area contributed by atoms with Gasteiger partial charge in [0.25, 0.3) is 0 Å². The second-order valence-corrected chi connectivity index (χ2v) is 20.7. The topological polar surface area (TPSA) is 38.7 Å². The molecule has 0 saturated heterocycles. The number of thiophene rings is 1. The van der Waals surface area contributed by atoms with Gasteiger partial charge in [0.1, 0.15) is 11.4 Å². The average molecular weight is 1020 g/mol. The first-order valence-electron chi connectivity index (χ1n) is 26.8. The maximum Gasteiger partial charge on any atom is 0.106 e. The van der Waals surface area contributed by atoms with E-state index in [2.05, 4.69) is 297 Å². The van der Waals surface area contributed by atoms with Gasteiger partial charge in [-0.15, -0.1) is 21.5 Å². The van der Waals surface area contributed by atoms with Gasteiger partial charge in [-0.05, 0) is 77.5 Å². The van der Waals surface area contributed by atoms with E-state index in [4.69, 9.17) is 15.4 Å². The molecular formula is C75H49N3S. The number of nitrogens with zero attached hydrogens (tertiary/aromatic N) is 3. The monoisotopic (exact) mass is 1020 g/mol. The molecule has 0 saturated carbocycles. The van der Waals surface area contributed by atoms with Crippen LogP contribution in [0.5, 0.6) is 0 Å². The van der Waals surface area contributed by atoms with Gasteiger partial charge in [0, 0.05) is 59.1 Å². The molecule has 14 rings (SSSR count). The molecule has 4 heteroatoms. The molecule has 0 spiro atoms. The first kappa shape index (κ1) is 47.3. The molecule has 2 aromatic heterocycles. The summed E-state index contributed by atoms with van der Waals surface area (Å²) >= 11 is 1.87. The van der Waals surface area contributed by atoms with Crippen LogP contribution in [0.2, 0.25) is 0 Å². The third kappa shape index (κ3) is 8.52. The standard InChI is InChI=1S/C75H49N3S/c1-7-28-50(29-8-1)56-40-19-23-44-60(56)64-48-27-49-65-69-71(73-70(72(76-78-77-73)55-38-17-6-18-39-55)63-47-26-22-43-59(63)53-34-13-4-14-35-53)68(62-46-25-21-42-58(62)52-32-11-3-12-33-52)67(61-45-24-20-41-57(61)51-30-9-2-10-31-51)66(75(69)79-74(64)65)54-36-15-5-16-37-54/h1-49H. The van der Waals surface area contributed by atoms with Crippen LogP contribution < -0.4 is 0 Å². The number of rotatable bonds is 11. The molecule has 0 unspecified atom stereocenters. The summed E-state index contributed by atoms with van der Waals surface area (Å²) < 4.78 is 2.34. The van der Waals surface area contributed by atoms with E-state index in [1.807, 2.05) is 11.3 Å². The summed E-state index contributed by atoms with van der Waals surface area (Å²) in [5, 5.41) is 17.7. The molecule has 0 aliphatic rings. The van der Waals surface area contributed by atoms with E-state index in [1.165, 1.54) is 27.0 Å². The lowest BCUT2D eigenvalue weighted by Crippen LogP contribution is -2.04. The van der Waals surface area contributed by atoms with Gasteiger partial charge in [0.15, 0.2) is 0 Å². The quantitative estimate of drug-likeness (QED) is 0.130. The van der Waals surface area contributed by atoms with Gasteiger partial charge in [0.2, 0.25) is 0 Å². The minimum Gasteiger partial charge on any atom is -0.134 e. The molecule has 0 radical (unpaired) electrons. The Morgan fingerprint density at radius 3 is 0.987 bits per heavy atom. The van der Waals surface area contributed by atoms with Crippen molar-refractivity contribution in [3.05, 3.63) is 297 Å². The SMILES string of the molecule is c1ccc(-c2ccccc2-c2c(-c3ccccc3)nnnc2-c2c(-c3ccccc3-c3ccccc3)c(-c3ccccc3-c3ccccc3)c(-c3ccccc3)c3sc4c(-c5ccccc5-c5ccccc5)cccc4c23)cc1. The summed E-state index contributed by atoms with van der Waals surface area (Å²) in [4.78, 5) is 0. The molecule has 12 aromatic carbocycles. The highest BCUT2D eigenvalue weighted by atomic mass is 32.1. The van der Waals surface area contributed by atoms with E-state index >= 15 is 0 Å². The number of hydrogen-bond acceptors (Lipinski definition) is 4. The average Bonchev–Trinajstić information content (AvgIpc) is 3.58. The van der Waals surface area contributed by atoms with E-state index in [0.717, 1.165) is 116 Å². The van der Waals surface area contributed by atoms with Crippen molar-refractivity contribution < 1.29 is 0 Å². The molecule has 0 atom stereocenters. The van der Waals surface area contributed by atoms with Crippen LogP contribution in [0.1, 0.15) is 0 Å². The third-order valence-corrected chi connectivity index (χ3v) is 16.5. The van der Waals surface area contributed by atoms with Crippen molar-refractivity contribution in [3.8, 4) is 123 Å². The normalized spacial score (nSPS) is 11.3. The van der Waals surface area contributed by atoms with Gasteiger partial charge in [-0.25, -0.2) is 0 Å². The fourth-order valence-corrected chi connectivity index (χ4v) is 13.2. The lowest BCUT2D eigenvalue weighted by atomic mass is 9.77. The molecule has 0 fully saturated rings. The highest BCUT2D eigenvalue weighted by molar-refractivity contribution is 7.27. The lowest BCUT2D eigenvalue weighted by Gasteiger charge is -2.26. The highest BCUT2D eigenvalue weighted by Crippen LogP contribution is 2.59. The minimum atomic E-state index is 0.743. The Balaban J connectivity index is 1.26. The molecule has 370 valence electrons. The Labute approximate surface area is 464 Å². The second kappa shape index (κ2) is 20.8. The van der Waals surface area contributed by atoms with Crippen molar-refractivity contribution in [2.24, 2.45) is 0 Å². The number of benzene rings is 12. The zero-order valence-electron chi connectivity index (χ0n) is 43.0. The molecule has 14 aromatic rings. The maximum atomic E-state index is 5.47. The Bertz CT molecular complexity index is 4500.